The van der Waals surface area contributed by atoms with E-state index in [1.807, 2.05) is 0 Å². The molecule has 1 heterocycles. The summed E-state index contributed by atoms with van der Waals surface area (Å²) in [5, 5.41) is 8.95. The molecule has 1 amide bonds. The molecule has 0 spiro atoms. The summed E-state index contributed by atoms with van der Waals surface area (Å²) in [4.78, 5) is 24.3. The Labute approximate surface area is 103 Å². The Morgan fingerprint density at radius 3 is 2.94 bits per heavy atom. The van der Waals surface area contributed by atoms with Crippen LogP contribution in [0.3, 0.4) is 0 Å². The molecule has 3 rings (SSSR count). The van der Waals surface area contributed by atoms with E-state index in [1.54, 1.807) is 18.2 Å². The molecule has 18 heavy (non-hydrogen) atoms. The third kappa shape index (κ3) is 1.57. The van der Waals surface area contributed by atoms with Gasteiger partial charge in [-0.3, -0.25) is 9.59 Å². The maximum Gasteiger partial charge on any atom is 0.308 e. The number of nitrogens with two attached hydrogens (primary N) is 1. The number of benzene rings is 1. The van der Waals surface area contributed by atoms with Gasteiger partial charge in [0.1, 0.15) is 5.75 Å². The number of nitrogen functional groups attached to an aromatic ring is 1. The second kappa shape index (κ2) is 3.63. The number of carboxylic acids is 1. The van der Waals surface area contributed by atoms with E-state index in [0.29, 0.717) is 23.5 Å². The summed E-state index contributed by atoms with van der Waals surface area (Å²) >= 11 is 0. The number of carbonyl (C=O) groups is 2. The number of rotatable bonds is 2. The van der Waals surface area contributed by atoms with E-state index >= 15 is 0 Å². The van der Waals surface area contributed by atoms with Gasteiger partial charge in [0, 0.05) is 5.69 Å². The third-order valence-electron chi connectivity index (χ3n) is 3.27. The summed E-state index contributed by atoms with van der Waals surface area (Å²) in [5.74, 6) is -1.01. The molecule has 6 nitrogen and oxygen atoms in total. The first kappa shape index (κ1) is 10.9. The molecule has 1 saturated carbocycles. The largest absolute Gasteiger partial charge is 0.482 e. The average molecular weight is 248 g/mol. The lowest BCUT2D eigenvalue weighted by molar-refractivity contribution is -0.138. The van der Waals surface area contributed by atoms with E-state index in [0.717, 1.165) is 0 Å². The number of fused-ring (bicyclic) bond motifs is 1. The van der Waals surface area contributed by atoms with Gasteiger partial charge in [-0.2, -0.15) is 0 Å². The molecule has 94 valence electrons. The first-order valence-corrected chi connectivity index (χ1v) is 5.65. The zero-order chi connectivity index (χ0) is 12.9. The monoisotopic (exact) mass is 248 g/mol. The van der Waals surface area contributed by atoms with Crippen molar-refractivity contribution in [3.05, 3.63) is 18.2 Å². The maximum absolute atomic E-state index is 11.9. The second-order valence-corrected chi connectivity index (χ2v) is 4.53. The highest BCUT2D eigenvalue weighted by Gasteiger charge is 2.50. The van der Waals surface area contributed by atoms with Crippen molar-refractivity contribution in [1.29, 1.82) is 0 Å². The Morgan fingerprint density at radius 2 is 2.28 bits per heavy atom. The molecule has 0 radical (unpaired) electrons. The standard InChI is InChI=1S/C12H12N2O4/c13-6-1-2-10-9(3-6)14(11(15)5-18-10)8-4-7(8)12(16)17/h1-3,7-8H,4-5,13H2,(H,16,17). The van der Waals surface area contributed by atoms with Crippen molar-refractivity contribution in [3.8, 4) is 5.75 Å². The van der Waals surface area contributed by atoms with E-state index in [1.165, 1.54) is 4.90 Å². The van der Waals surface area contributed by atoms with E-state index in [9.17, 15) is 9.59 Å². The summed E-state index contributed by atoms with van der Waals surface area (Å²) in [6.07, 6.45) is 0.481. The fraction of sp³-hybridized carbons (Fsp3) is 0.333. The Hall–Kier alpha value is -2.24. The lowest BCUT2D eigenvalue weighted by Crippen LogP contribution is -2.41. The van der Waals surface area contributed by atoms with Crippen LogP contribution in [0.15, 0.2) is 18.2 Å². The van der Waals surface area contributed by atoms with Crippen LogP contribution in [0.5, 0.6) is 5.75 Å². The van der Waals surface area contributed by atoms with Crippen LogP contribution in [0.25, 0.3) is 0 Å². The lowest BCUT2D eigenvalue weighted by Gasteiger charge is -2.29. The normalized spacial score (nSPS) is 25.3. The van der Waals surface area contributed by atoms with Crippen LogP contribution < -0.4 is 15.4 Å². The first-order valence-electron chi connectivity index (χ1n) is 5.65. The summed E-state index contributed by atoms with van der Waals surface area (Å²) in [7, 11) is 0. The number of ether oxygens (including phenoxy) is 1. The first-order chi connectivity index (χ1) is 8.58. The number of hydrogen-bond donors (Lipinski definition) is 2. The average Bonchev–Trinajstić information content (AvgIpc) is 3.08. The predicted molar refractivity (Wildman–Crippen MR) is 63.4 cm³/mol. The number of amides is 1. The smallest absolute Gasteiger partial charge is 0.308 e. The molecule has 6 heteroatoms. The zero-order valence-corrected chi connectivity index (χ0v) is 9.50. The van der Waals surface area contributed by atoms with E-state index < -0.39 is 11.9 Å². The van der Waals surface area contributed by atoms with Crippen LogP contribution in [0.1, 0.15) is 6.42 Å². The Balaban J connectivity index is 1.98. The summed E-state index contributed by atoms with van der Waals surface area (Å²) in [6, 6.07) is 4.75. The quantitative estimate of drug-likeness (QED) is 0.742. The van der Waals surface area contributed by atoms with Crippen LogP contribution in [0.4, 0.5) is 11.4 Å². The van der Waals surface area contributed by atoms with Gasteiger partial charge in [0.25, 0.3) is 5.91 Å². The number of carboxylic acid groups (broad SMARTS) is 1. The molecule has 3 N–H and O–H groups in total. The van der Waals surface area contributed by atoms with Gasteiger partial charge in [-0.25, -0.2) is 0 Å². The number of hydrogen-bond acceptors (Lipinski definition) is 4. The molecular formula is C12H12N2O4. The van der Waals surface area contributed by atoms with Gasteiger partial charge in [0.05, 0.1) is 17.6 Å². The van der Waals surface area contributed by atoms with E-state index in [2.05, 4.69) is 0 Å². The van der Waals surface area contributed by atoms with Crippen molar-refractivity contribution >= 4 is 23.3 Å². The highest BCUT2D eigenvalue weighted by atomic mass is 16.5. The van der Waals surface area contributed by atoms with Crippen molar-refractivity contribution in [1.82, 2.24) is 0 Å². The molecule has 1 aliphatic carbocycles. The minimum Gasteiger partial charge on any atom is -0.482 e. The van der Waals surface area contributed by atoms with Crippen LogP contribution in [-0.4, -0.2) is 29.6 Å². The van der Waals surface area contributed by atoms with Gasteiger partial charge in [-0.1, -0.05) is 0 Å². The molecule has 1 aromatic rings. The van der Waals surface area contributed by atoms with Crippen molar-refractivity contribution in [2.24, 2.45) is 5.92 Å². The van der Waals surface area contributed by atoms with Gasteiger partial charge in [-0.15, -0.1) is 0 Å². The van der Waals surface area contributed by atoms with Crippen molar-refractivity contribution in [2.45, 2.75) is 12.5 Å². The Morgan fingerprint density at radius 1 is 1.50 bits per heavy atom. The highest BCUT2D eigenvalue weighted by molar-refractivity contribution is 6.00. The summed E-state index contributed by atoms with van der Waals surface area (Å²) < 4.78 is 5.30. The van der Waals surface area contributed by atoms with Gasteiger partial charge < -0.3 is 20.5 Å². The number of anilines is 2. The Bertz CT molecular complexity index is 543. The molecule has 0 bridgehead atoms. The van der Waals surface area contributed by atoms with Crippen LogP contribution in [0.2, 0.25) is 0 Å². The van der Waals surface area contributed by atoms with Crippen molar-refractivity contribution < 1.29 is 19.4 Å². The van der Waals surface area contributed by atoms with Crippen molar-refractivity contribution in [3.63, 3.8) is 0 Å². The number of carbonyl (C=O) groups excluding carboxylic acids is 1. The number of nitrogens with zero attached hydrogens (tertiary/aromatic N) is 1. The molecule has 0 aromatic heterocycles. The topological polar surface area (TPSA) is 92.9 Å². The van der Waals surface area contributed by atoms with Gasteiger partial charge in [0.15, 0.2) is 6.61 Å². The highest BCUT2D eigenvalue weighted by Crippen LogP contribution is 2.44. The number of aliphatic carboxylic acids is 1. The fourth-order valence-corrected chi connectivity index (χ4v) is 2.28. The molecule has 1 aliphatic heterocycles. The Kier molecular flexibility index (Phi) is 2.19. The maximum atomic E-state index is 11.9. The SMILES string of the molecule is Nc1ccc2c(c1)N(C1CC1C(=O)O)C(=O)CO2. The van der Waals surface area contributed by atoms with Gasteiger partial charge >= 0.3 is 5.97 Å². The molecular weight excluding hydrogens is 236 g/mol. The minimum atomic E-state index is -0.871. The molecule has 0 saturated heterocycles. The molecule has 1 aromatic carbocycles. The van der Waals surface area contributed by atoms with Crippen molar-refractivity contribution in [2.75, 3.05) is 17.2 Å². The zero-order valence-electron chi connectivity index (χ0n) is 9.50. The van der Waals surface area contributed by atoms with Crippen LogP contribution in [-0.2, 0) is 9.59 Å². The minimum absolute atomic E-state index is 0.0558. The van der Waals surface area contributed by atoms with Crippen LogP contribution in [0, 0.1) is 5.92 Å². The van der Waals surface area contributed by atoms with E-state index in [-0.39, 0.29) is 18.6 Å². The van der Waals surface area contributed by atoms with E-state index in [4.69, 9.17) is 15.6 Å². The molecule has 2 atom stereocenters. The fourth-order valence-electron chi connectivity index (χ4n) is 2.28. The van der Waals surface area contributed by atoms with Crippen LogP contribution >= 0.6 is 0 Å². The van der Waals surface area contributed by atoms with Gasteiger partial charge in [0.2, 0.25) is 0 Å². The summed E-state index contributed by atoms with van der Waals surface area (Å²) in [6.45, 7) is -0.0558. The van der Waals surface area contributed by atoms with Gasteiger partial charge in [-0.05, 0) is 24.6 Å². The summed E-state index contributed by atoms with van der Waals surface area (Å²) in [5.41, 5.74) is 6.78. The molecule has 2 aliphatic rings. The predicted octanol–water partition coefficient (Wildman–Crippen LogP) is 0.467. The molecule has 2 unspecified atom stereocenters. The molecule has 1 fully saturated rings. The third-order valence-corrected chi connectivity index (χ3v) is 3.27. The lowest BCUT2D eigenvalue weighted by atomic mass is 10.2. The second-order valence-electron chi connectivity index (χ2n) is 4.53.